The summed E-state index contributed by atoms with van der Waals surface area (Å²) in [5.41, 5.74) is 0.949. The van der Waals surface area contributed by atoms with Crippen molar-refractivity contribution in [3.05, 3.63) is 56.6 Å². The van der Waals surface area contributed by atoms with Crippen LogP contribution in [0.1, 0.15) is 11.1 Å². The van der Waals surface area contributed by atoms with Crippen LogP contribution >= 0.6 is 11.6 Å². The zero-order valence-corrected chi connectivity index (χ0v) is 12.6. The maximum absolute atomic E-state index is 12.0. The van der Waals surface area contributed by atoms with Crippen LogP contribution < -0.4 is 9.84 Å². The summed E-state index contributed by atoms with van der Waals surface area (Å²) in [5, 5.41) is 22.9. The molecule has 114 valence electrons. The summed E-state index contributed by atoms with van der Waals surface area (Å²) in [6, 6.07) is 7.75. The van der Waals surface area contributed by atoms with E-state index in [1.165, 1.54) is 19.4 Å². The van der Waals surface area contributed by atoms with E-state index in [2.05, 4.69) is 4.99 Å². The van der Waals surface area contributed by atoms with Gasteiger partial charge in [-0.3, -0.25) is 15.1 Å². The molecule has 0 heterocycles. The van der Waals surface area contributed by atoms with Gasteiger partial charge in [0.1, 0.15) is 11.4 Å². The molecule has 0 unspecified atom stereocenters. The van der Waals surface area contributed by atoms with Gasteiger partial charge in [0.05, 0.1) is 12.0 Å². The number of halogens is 1. The number of nitro groups is 1. The molecule has 0 radical (unpaired) electrons. The molecule has 0 aliphatic rings. The van der Waals surface area contributed by atoms with Gasteiger partial charge in [-0.1, -0.05) is 17.7 Å². The monoisotopic (exact) mass is 319 g/mol. The van der Waals surface area contributed by atoms with E-state index >= 15 is 0 Å². The van der Waals surface area contributed by atoms with E-state index in [0.717, 1.165) is 11.6 Å². The van der Waals surface area contributed by atoms with Crippen LogP contribution in [0, 0.1) is 17.0 Å². The Hall–Kier alpha value is -2.60. The molecule has 2 aromatic carbocycles. The topological polar surface area (TPSA) is 87.8 Å². The first-order valence-corrected chi connectivity index (χ1v) is 6.64. The van der Waals surface area contributed by atoms with Gasteiger partial charge < -0.3 is 9.84 Å². The minimum Gasteiger partial charge on any atom is -0.867 e. The third-order valence-corrected chi connectivity index (χ3v) is 3.15. The number of ether oxygens (including phenoxy) is 1. The van der Waals surface area contributed by atoms with Crippen LogP contribution in [0.5, 0.6) is 11.5 Å². The average molecular weight is 320 g/mol. The van der Waals surface area contributed by atoms with Crippen LogP contribution in [0.2, 0.25) is 5.02 Å². The number of hydrogen-bond acceptors (Lipinski definition) is 5. The molecular formula is C15H12ClN2O4-. The van der Waals surface area contributed by atoms with Crippen LogP contribution in [-0.2, 0) is 0 Å². The highest BCUT2D eigenvalue weighted by atomic mass is 35.5. The molecule has 7 heteroatoms. The number of nitro benzene ring substituents is 1. The summed E-state index contributed by atoms with van der Waals surface area (Å²) < 4.78 is 5.18. The van der Waals surface area contributed by atoms with Gasteiger partial charge >= 0.3 is 0 Å². The average Bonchev–Trinajstić information content (AvgIpc) is 2.47. The van der Waals surface area contributed by atoms with Crippen molar-refractivity contribution in [2.24, 2.45) is 4.99 Å². The molecule has 0 spiro atoms. The van der Waals surface area contributed by atoms with Crippen molar-refractivity contribution >= 4 is 29.2 Å². The normalized spacial score (nSPS) is 10.9. The number of nitrogens with zero attached hydrogens (tertiary/aromatic N) is 2. The Balaban J connectivity index is 2.47. The smallest absolute Gasteiger partial charge is 0.263 e. The van der Waals surface area contributed by atoms with Crippen molar-refractivity contribution in [3.8, 4) is 11.5 Å². The second-order valence-electron chi connectivity index (χ2n) is 4.53. The second kappa shape index (κ2) is 6.44. The fourth-order valence-corrected chi connectivity index (χ4v) is 2.09. The maximum Gasteiger partial charge on any atom is 0.263 e. The lowest BCUT2D eigenvalue weighted by Crippen LogP contribution is -2.02. The molecular weight excluding hydrogens is 308 g/mol. The standard InChI is InChI=1S/C15H13ClN2O4/c1-9-3-4-14(22-2)12(5-9)17-8-10-6-11(16)7-13(15(10)19)18(20)21/h3-8,19H,1-2H3/p-1. The summed E-state index contributed by atoms with van der Waals surface area (Å²) in [4.78, 5) is 14.2. The molecule has 22 heavy (non-hydrogen) atoms. The molecule has 0 N–H and O–H groups in total. The third kappa shape index (κ3) is 3.35. The third-order valence-electron chi connectivity index (χ3n) is 2.94. The number of hydrogen-bond donors (Lipinski definition) is 0. The van der Waals surface area contributed by atoms with Crippen molar-refractivity contribution in [2.75, 3.05) is 7.11 Å². The molecule has 2 aromatic rings. The van der Waals surface area contributed by atoms with Crippen molar-refractivity contribution in [2.45, 2.75) is 6.92 Å². The molecule has 6 nitrogen and oxygen atoms in total. The Morgan fingerprint density at radius 2 is 2.05 bits per heavy atom. The highest BCUT2D eigenvalue weighted by Crippen LogP contribution is 2.32. The molecule has 0 fully saturated rings. The number of aliphatic imine (C=N–C) groups is 1. The van der Waals surface area contributed by atoms with Gasteiger partial charge in [0, 0.05) is 17.3 Å². The zero-order chi connectivity index (χ0) is 16.3. The fraction of sp³-hybridized carbons (Fsp3) is 0.133. The lowest BCUT2D eigenvalue weighted by atomic mass is 10.1. The lowest BCUT2D eigenvalue weighted by Gasteiger charge is -2.11. The van der Waals surface area contributed by atoms with Crippen LogP contribution in [0.15, 0.2) is 35.3 Å². The van der Waals surface area contributed by atoms with Gasteiger partial charge in [0.15, 0.2) is 0 Å². The minimum absolute atomic E-state index is 0.0442. The molecule has 0 saturated carbocycles. The van der Waals surface area contributed by atoms with E-state index in [0.29, 0.717) is 11.4 Å². The molecule has 0 amide bonds. The number of methoxy groups -OCH3 is 1. The number of aryl methyl sites for hydroxylation is 1. The molecule has 0 saturated heterocycles. The van der Waals surface area contributed by atoms with Crippen molar-refractivity contribution in [1.82, 2.24) is 0 Å². The fourth-order valence-electron chi connectivity index (χ4n) is 1.87. The second-order valence-corrected chi connectivity index (χ2v) is 4.97. The Labute approximate surface area is 131 Å². The maximum atomic E-state index is 12.0. The Bertz CT molecular complexity index is 759. The minimum atomic E-state index is -0.765. The summed E-state index contributed by atoms with van der Waals surface area (Å²) in [6.45, 7) is 1.89. The molecule has 0 aromatic heterocycles. The van der Waals surface area contributed by atoms with Crippen LogP contribution in [0.3, 0.4) is 0 Å². The highest BCUT2D eigenvalue weighted by Gasteiger charge is 2.11. The van der Waals surface area contributed by atoms with Gasteiger partial charge in [-0.15, -0.1) is 0 Å². The van der Waals surface area contributed by atoms with Crippen LogP contribution in [0.4, 0.5) is 11.4 Å². The number of rotatable bonds is 4. The summed E-state index contributed by atoms with van der Waals surface area (Å²) in [7, 11) is 1.51. The Morgan fingerprint density at radius 3 is 2.68 bits per heavy atom. The summed E-state index contributed by atoms with van der Waals surface area (Å²) in [5.74, 6) is -0.199. The van der Waals surface area contributed by atoms with E-state index in [9.17, 15) is 15.2 Å². The first-order valence-electron chi connectivity index (χ1n) is 6.26. The van der Waals surface area contributed by atoms with Gasteiger partial charge in [0.2, 0.25) is 0 Å². The van der Waals surface area contributed by atoms with E-state index in [-0.39, 0.29) is 10.6 Å². The molecule has 0 bridgehead atoms. The SMILES string of the molecule is COc1ccc(C)cc1N=Cc1cc(Cl)cc([N+](=O)[O-])c1[O-]. The largest absolute Gasteiger partial charge is 0.867 e. The van der Waals surface area contributed by atoms with Crippen LogP contribution in [0.25, 0.3) is 0 Å². The number of benzene rings is 2. The van der Waals surface area contributed by atoms with Crippen molar-refractivity contribution < 1.29 is 14.8 Å². The Morgan fingerprint density at radius 1 is 1.32 bits per heavy atom. The quantitative estimate of drug-likeness (QED) is 0.491. The summed E-state index contributed by atoms with van der Waals surface area (Å²) in [6.07, 6.45) is 1.25. The van der Waals surface area contributed by atoms with E-state index in [4.69, 9.17) is 16.3 Å². The summed E-state index contributed by atoms with van der Waals surface area (Å²) >= 11 is 5.80. The van der Waals surface area contributed by atoms with Gasteiger partial charge in [0.25, 0.3) is 5.69 Å². The lowest BCUT2D eigenvalue weighted by molar-refractivity contribution is -0.398. The van der Waals surface area contributed by atoms with E-state index in [1.807, 2.05) is 13.0 Å². The van der Waals surface area contributed by atoms with E-state index < -0.39 is 16.4 Å². The van der Waals surface area contributed by atoms with Crippen molar-refractivity contribution in [3.63, 3.8) is 0 Å². The Kier molecular flexibility index (Phi) is 4.62. The van der Waals surface area contributed by atoms with Crippen molar-refractivity contribution in [1.29, 1.82) is 0 Å². The predicted octanol–water partition coefficient (Wildman–Crippen LogP) is 3.39. The zero-order valence-electron chi connectivity index (χ0n) is 11.9. The highest BCUT2D eigenvalue weighted by molar-refractivity contribution is 6.31. The van der Waals surface area contributed by atoms with Gasteiger partial charge in [-0.2, -0.15) is 0 Å². The molecule has 0 atom stereocenters. The molecule has 2 rings (SSSR count). The van der Waals surface area contributed by atoms with Gasteiger partial charge in [-0.05, 0) is 42.0 Å². The predicted molar refractivity (Wildman–Crippen MR) is 82.5 cm³/mol. The molecule has 0 aliphatic carbocycles. The van der Waals surface area contributed by atoms with E-state index in [1.54, 1.807) is 12.1 Å². The molecule has 0 aliphatic heterocycles. The first-order chi connectivity index (χ1) is 10.4. The first kappa shape index (κ1) is 15.8. The van der Waals surface area contributed by atoms with Gasteiger partial charge in [-0.25, -0.2) is 0 Å². The van der Waals surface area contributed by atoms with Crippen LogP contribution in [-0.4, -0.2) is 18.2 Å².